The molecule has 1 saturated heterocycles. The highest BCUT2D eigenvalue weighted by Gasteiger charge is 2.27. The van der Waals surface area contributed by atoms with Crippen molar-refractivity contribution in [3.63, 3.8) is 0 Å². The predicted octanol–water partition coefficient (Wildman–Crippen LogP) is 0.773. The van der Waals surface area contributed by atoms with Crippen LogP contribution in [0.2, 0.25) is 0 Å². The lowest BCUT2D eigenvalue weighted by atomic mass is 10.1. The van der Waals surface area contributed by atoms with Crippen molar-refractivity contribution in [3.8, 4) is 0 Å². The van der Waals surface area contributed by atoms with Gasteiger partial charge in [0.2, 0.25) is 0 Å². The number of nitrogens with zero attached hydrogens (tertiary/aromatic N) is 3. The topological polar surface area (TPSA) is 85.3 Å². The van der Waals surface area contributed by atoms with E-state index < -0.39 is 4.92 Å². The molecule has 86 valence electrons. The van der Waals surface area contributed by atoms with Crippen LogP contribution < -0.4 is 10.6 Å². The van der Waals surface area contributed by atoms with Gasteiger partial charge in [0.05, 0.1) is 11.0 Å². The van der Waals surface area contributed by atoms with E-state index in [1.165, 1.54) is 18.3 Å². The van der Waals surface area contributed by atoms with E-state index in [-0.39, 0.29) is 11.7 Å². The largest absolute Gasteiger partial charge is 0.355 e. The number of rotatable bonds is 2. The van der Waals surface area contributed by atoms with E-state index in [9.17, 15) is 10.1 Å². The number of anilines is 1. The Balaban J connectivity index is 2.21. The summed E-state index contributed by atoms with van der Waals surface area (Å²) in [5.74, 6) is 1.02. The van der Waals surface area contributed by atoms with E-state index in [4.69, 9.17) is 5.73 Å². The van der Waals surface area contributed by atoms with Crippen molar-refractivity contribution >= 4 is 11.5 Å². The SMILES string of the molecule is CC1CN(c2cc([N+](=O)[O-])ccn2)CC1N. The summed E-state index contributed by atoms with van der Waals surface area (Å²) in [6, 6.07) is 2.99. The summed E-state index contributed by atoms with van der Waals surface area (Å²) in [5, 5.41) is 10.6. The predicted molar refractivity (Wildman–Crippen MR) is 60.2 cm³/mol. The van der Waals surface area contributed by atoms with Crippen molar-refractivity contribution in [2.24, 2.45) is 11.7 Å². The molecule has 2 unspecified atom stereocenters. The van der Waals surface area contributed by atoms with Crippen molar-refractivity contribution in [1.29, 1.82) is 0 Å². The highest BCUT2D eigenvalue weighted by Crippen LogP contribution is 2.23. The highest BCUT2D eigenvalue weighted by molar-refractivity contribution is 5.47. The van der Waals surface area contributed by atoms with Gasteiger partial charge >= 0.3 is 0 Å². The van der Waals surface area contributed by atoms with Crippen LogP contribution in [0.15, 0.2) is 18.3 Å². The fraction of sp³-hybridized carbons (Fsp3) is 0.500. The highest BCUT2D eigenvalue weighted by atomic mass is 16.6. The van der Waals surface area contributed by atoms with Gasteiger partial charge in [-0.1, -0.05) is 6.92 Å². The molecule has 2 atom stereocenters. The minimum Gasteiger partial charge on any atom is -0.355 e. The second-order valence-electron chi connectivity index (χ2n) is 4.18. The lowest BCUT2D eigenvalue weighted by Gasteiger charge is -2.16. The molecule has 1 aromatic rings. The van der Waals surface area contributed by atoms with Gasteiger partial charge in [0.15, 0.2) is 0 Å². The van der Waals surface area contributed by atoms with Crippen LogP contribution in [0.3, 0.4) is 0 Å². The first kappa shape index (κ1) is 10.8. The molecule has 0 radical (unpaired) electrons. The fourth-order valence-electron chi connectivity index (χ4n) is 1.87. The Morgan fingerprint density at radius 1 is 1.62 bits per heavy atom. The number of aromatic nitrogens is 1. The van der Waals surface area contributed by atoms with Crippen LogP contribution in [0.25, 0.3) is 0 Å². The Kier molecular flexibility index (Phi) is 2.74. The van der Waals surface area contributed by atoms with Crippen LogP contribution in [0.4, 0.5) is 11.5 Å². The standard InChI is InChI=1S/C10H14N4O2/c1-7-5-13(6-9(7)11)10-4-8(14(15)16)2-3-12-10/h2-4,7,9H,5-6,11H2,1H3. The Morgan fingerprint density at radius 3 is 2.94 bits per heavy atom. The van der Waals surface area contributed by atoms with Crippen LogP contribution in [0.5, 0.6) is 0 Å². The van der Waals surface area contributed by atoms with Crippen LogP contribution in [0.1, 0.15) is 6.92 Å². The number of nitro groups is 1. The van der Waals surface area contributed by atoms with Crippen molar-refractivity contribution in [2.45, 2.75) is 13.0 Å². The molecule has 1 fully saturated rings. The lowest BCUT2D eigenvalue weighted by Crippen LogP contribution is -2.28. The van der Waals surface area contributed by atoms with Gasteiger partial charge in [-0.25, -0.2) is 4.98 Å². The maximum atomic E-state index is 10.6. The van der Waals surface area contributed by atoms with Gasteiger partial charge in [-0.2, -0.15) is 0 Å². The third-order valence-electron chi connectivity index (χ3n) is 2.93. The molecule has 0 aliphatic carbocycles. The van der Waals surface area contributed by atoms with Gasteiger partial charge < -0.3 is 10.6 Å². The normalized spacial score (nSPS) is 24.8. The third kappa shape index (κ3) is 1.96. The quantitative estimate of drug-likeness (QED) is 0.590. The molecule has 16 heavy (non-hydrogen) atoms. The van der Waals surface area contributed by atoms with Crippen LogP contribution in [0, 0.1) is 16.0 Å². The first-order chi connectivity index (χ1) is 7.58. The fourth-order valence-corrected chi connectivity index (χ4v) is 1.87. The molecule has 0 amide bonds. The van der Waals surface area contributed by atoms with Crippen LogP contribution >= 0.6 is 0 Å². The van der Waals surface area contributed by atoms with Crippen molar-refractivity contribution in [2.75, 3.05) is 18.0 Å². The van der Waals surface area contributed by atoms with Gasteiger partial charge in [-0.15, -0.1) is 0 Å². The van der Waals surface area contributed by atoms with Gasteiger partial charge in [0, 0.05) is 31.4 Å². The summed E-state index contributed by atoms with van der Waals surface area (Å²) in [4.78, 5) is 16.3. The van der Waals surface area contributed by atoms with Crippen LogP contribution in [-0.4, -0.2) is 29.0 Å². The van der Waals surface area contributed by atoms with Crippen molar-refractivity contribution in [3.05, 3.63) is 28.4 Å². The molecule has 2 heterocycles. The van der Waals surface area contributed by atoms with E-state index in [0.29, 0.717) is 18.3 Å². The molecule has 1 aliphatic heterocycles. The smallest absolute Gasteiger partial charge is 0.274 e. The Morgan fingerprint density at radius 2 is 2.38 bits per heavy atom. The molecule has 6 nitrogen and oxygen atoms in total. The molecule has 6 heteroatoms. The Hall–Kier alpha value is -1.69. The van der Waals surface area contributed by atoms with Gasteiger partial charge in [-0.3, -0.25) is 10.1 Å². The minimum absolute atomic E-state index is 0.0677. The van der Waals surface area contributed by atoms with Gasteiger partial charge in [0.25, 0.3) is 5.69 Å². The lowest BCUT2D eigenvalue weighted by molar-refractivity contribution is -0.384. The Labute approximate surface area is 93.2 Å². The van der Waals surface area contributed by atoms with Crippen molar-refractivity contribution < 1.29 is 4.92 Å². The average molecular weight is 222 g/mol. The molecule has 2 N–H and O–H groups in total. The summed E-state index contributed by atoms with van der Waals surface area (Å²) < 4.78 is 0. The number of hydrogen-bond donors (Lipinski definition) is 1. The number of hydrogen-bond acceptors (Lipinski definition) is 5. The molecular weight excluding hydrogens is 208 g/mol. The monoisotopic (exact) mass is 222 g/mol. The Bertz CT molecular complexity index is 400. The summed E-state index contributed by atoms with van der Waals surface area (Å²) >= 11 is 0. The average Bonchev–Trinajstić information content (AvgIpc) is 2.59. The van der Waals surface area contributed by atoms with E-state index in [1.807, 2.05) is 4.90 Å². The van der Waals surface area contributed by atoms with E-state index >= 15 is 0 Å². The van der Waals surface area contributed by atoms with Crippen LogP contribution in [-0.2, 0) is 0 Å². The maximum absolute atomic E-state index is 10.6. The third-order valence-corrected chi connectivity index (χ3v) is 2.93. The molecule has 1 aliphatic rings. The molecular formula is C10H14N4O2. The molecule has 0 aromatic carbocycles. The first-order valence-corrected chi connectivity index (χ1v) is 5.19. The molecule has 0 spiro atoms. The molecule has 2 rings (SSSR count). The maximum Gasteiger partial charge on any atom is 0.274 e. The second kappa shape index (κ2) is 4.05. The summed E-state index contributed by atoms with van der Waals surface area (Å²) in [5.41, 5.74) is 5.97. The molecule has 0 bridgehead atoms. The molecule has 0 saturated carbocycles. The summed E-state index contributed by atoms with van der Waals surface area (Å²) in [6.07, 6.45) is 1.46. The first-order valence-electron chi connectivity index (χ1n) is 5.19. The van der Waals surface area contributed by atoms with Gasteiger partial charge in [0.1, 0.15) is 5.82 Å². The molecule has 1 aromatic heterocycles. The van der Waals surface area contributed by atoms with Crippen molar-refractivity contribution in [1.82, 2.24) is 4.98 Å². The minimum atomic E-state index is -0.412. The zero-order valence-electron chi connectivity index (χ0n) is 9.04. The van der Waals surface area contributed by atoms with E-state index in [2.05, 4.69) is 11.9 Å². The van der Waals surface area contributed by atoms with E-state index in [0.717, 1.165) is 6.54 Å². The number of nitrogens with two attached hydrogens (primary N) is 1. The zero-order chi connectivity index (χ0) is 11.7. The number of pyridine rings is 1. The second-order valence-corrected chi connectivity index (χ2v) is 4.18. The summed E-state index contributed by atoms with van der Waals surface area (Å²) in [7, 11) is 0. The summed E-state index contributed by atoms with van der Waals surface area (Å²) in [6.45, 7) is 3.58. The van der Waals surface area contributed by atoms with Gasteiger partial charge in [-0.05, 0) is 5.92 Å². The zero-order valence-corrected chi connectivity index (χ0v) is 9.04. The van der Waals surface area contributed by atoms with E-state index in [1.54, 1.807) is 0 Å².